The number of carbonyl (C=O) groups excluding carboxylic acids is 1. The fourth-order valence-electron chi connectivity index (χ4n) is 3.85. The lowest BCUT2D eigenvalue weighted by Gasteiger charge is -2.23. The van der Waals surface area contributed by atoms with Crippen LogP contribution in [0, 0.1) is 5.82 Å². The van der Waals surface area contributed by atoms with Crippen LogP contribution in [0.25, 0.3) is 0 Å². The Kier molecular flexibility index (Phi) is 3.75. The summed E-state index contributed by atoms with van der Waals surface area (Å²) in [4.78, 5) is 14.5. The standard InChI is InChI=1S/C20H20FNO2/c21-17-7-3-1-5-15(17)9-10-19(23)22-12-11-20(13-22)14-24-18-8-4-2-6-16(18)20/h1-8H,9-14H2. The molecule has 1 spiro atoms. The summed E-state index contributed by atoms with van der Waals surface area (Å²) in [5.74, 6) is 0.805. The number of amides is 1. The SMILES string of the molecule is O=C(CCc1ccccc1F)N1CCC2(COc3ccccc32)C1. The monoisotopic (exact) mass is 325 g/mol. The summed E-state index contributed by atoms with van der Waals surface area (Å²) in [5, 5.41) is 0. The van der Waals surface area contributed by atoms with Crippen LogP contribution in [0.1, 0.15) is 24.0 Å². The molecule has 2 heterocycles. The molecule has 3 nitrogen and oxygen atoms in total. The van der Waals surface area contributed by atoms with Crippen molar-refractivity contribution in [2.45, 2.75) is 24.7 Å². The highest BCUT2D eigenvalue weighted by Crippen LogP contribution is 2.44. The van der Waals surface area contributed by atoms with Gasteiger partial charge in [-0.3, -0.25) is 4.79 Å². The van der Waals surface area contributed by atoms with Crippen LogP contribution in [0.3, 0.4) is 0 Å². The smallest absolute Gasteiger partial charge is 0.222 e. The van der Waals surface area contributed by atoms with Gasteiger partial charge in [0.25, 0.3) is 0 Å². The second kappa shape index (κ2) is 5.93. The van der Waals surface area contributed by atoms with Gasteiger partial charge < -0.3 is 9.64 Å². The third-order valence-corrected chi connectivity index (χ3v) is 5.23. The molecule has 1 atom stereocenters. The minimum absolute atomic E-state index is 0.0652. The molecule has 4 rings (SSSR count). The van der Waals surface area contributed by atoms with Crippen molar-refractivity contribution in [2.75, 3.05) is 19.7 Å². The van der Waals surface area contributed by atoms with E-state index in [4.69, 9.17) is 4.74 Å². The molecule has 0 bridgehead atoms. The van der Waals surface area contributed by atoms with Crippen LogP contribution < -0.4 is 4.74 Å². The van der Waals surface area contributed by atoms with Gasteiger partial charge in [-0.05, 0) is 30.5 Å². The Hall–Kier alpha value is -2.36. The number of fused-ring (bicyclic) bond motifs is 2. The zero-order valence-electron chi connectivity index (χ0n) is 13.5. The molecule has 1 unspecified atom stereocenters. The topological polar surface area (TPSA) is 29.5 Å². The summed E-state index contributed by atoms with van der Waals surface area (Å²) in [7, 11) is 0. The largest absolute Gasteiger partial charge is 0.492 e. The predicted molar refractivity (Wildman–Crippen MR) is 89.5 cm³/mol. The van der Waals surface area contributed by atoms with Crippen LogP contribution in [0.4, 0.5) is 4.39 Å². The number of hydrogen-bond donors (Lipinski definition) is 0. The van der Waals surface area contributed by atoms with E-state index in [-0.39, 0.29) is 17.1 Å². The Bertz CT molecular complexity index is 776. The first-order valence-electron chi connectivity index (χ1n) is 8.41. The second-order valence-electron chi connectivity index (χ2n) is 6.72. The summed E-state index contributed by atoms with van der Waals surface area (Å²) in [6.45, 7) is 2.08. The molecule has 2 aromatic carbocycles. The van der Waals surface area contributed by atoms with Gasteiger partial charge in [-0.1, -0.05) is 36.4 Å². The van der Waals surface area contributed by atoms with Crippen molar-refractivity contribution in [3.63, 3.8) is 0 Å². The van der Waals surface area contributed by atoms with Crippen molar-refractivity contribution < 1.29 is 13.9 Å². The predicted octanol–water partition coefficient (Wildman–Crippen LogP) is 3.32. The molecule has 1 amide bonds. The number of hydrogen-bond acceptors (Lipinski definition) is 2. The molecule has 2 aliphatic rings. The lowest BCUT2D eigenvalue weighted by molar-refractivity contribution is -0.130. The van der Waals surface area contributed by atoms with Crippen molar-refractivity contribution in [3.05, 3.63) is 65.5 Å². The summed E-state index contributed by atoms with van der Waals surface area (Å²) < 4.78 is 19.5. The Morgan fingerprint density at radius 1 is 1.17 bits per heavy atom. The number of nitrogens with zero attached hydrogens (tertiary/aromatic N) is 1. The third kappa shape index (κ3) is 2.56. The molecule has 2 aromatic rings. The maximum absolute atomic E-state index is 13.7. The average Bonchev–Trinajstić information content (AvgIpc) is 3.20. The Morgan fingerprint density at radius 3 is 2.83 bits per heavy atom. The van der Waals surface area contributed by atoms with Gasteiger partial charge in [0.1, 0.15) is 11.6 Å². The number of aryl methyl sites for hydroxylation is 1. The molecule has 0 aromatic heterocycles. The number of para-hydroxylation sites is 1. The molecular weight excluding hydrogens is 305 g/mol. The average molecular weight is 325 g/mol. The van der Waals surface area contributed by atoms with E-state index in [2.05, 4.69) is 6.07 Å². The van der Waals surface area contributed by atoms with Crippen LogP contribution in [0.2, 0.25) is 0 Å². The maximum atomic E-state index is 13.7. The van der Waals surface area contributed by atoms with Crippen molar-refractivity contribution in [2.24, 2.45) is 0 Å². The van der Waals surface area contributed by atoms with Gasteiger partial charge in [-0.2, -0.15) is 0 Å². The van der Waals surface area contributed by atoms with Gasteiger partial charge >= 0.3 is 0 Å². The number of halogens is 1. The van der Waals surface area contributed by atoms with E-state index in [1.54, 1.807) is 18.2 Å². The van der Waals surface area contributed by atoms with Crippen LogP contribution in [-0.4, -0.2) is 30.5 Å². The molecule has 24 heavy (non-hydrogen) atoms. The molecule has 124 valence electrons. The minimum atomic E-state index is -0.235. The zero-order chi connectivity index (χ0) is 16.6. The summed E-state index contributed by atoms with van der Waals surface area (Å²) in [6, 6.07) is 14.8. The molecule has 4 heteroatoms. The molecule has 1 saturated heterocycles. The third-order valence-electron chi connectivity index (χ3n) is 5.23. The van der Waals surface area contributed by atoms with Gasteiger partial charge in [0.05, 0.1) is 12.0 Å². The van der Waals surface area contributed by atoms with Gasteiger partial charge in [0.15, 0.2) is 0 Å². The van der Waals surface area contributed by atoms with E-state index in [1.165, 1.54) is 11.6 Å². The van der Waals surface area contributed by atoms with Crippen molar-refractivity contribution in [1.29, 1.82) is 0 Å². The minimum Gasteiger partial charge on any atom is -0.492 e. The Balaban J connectivity index is 1.42. The van der Waals surface area contributed by atoms with Crippen LogP contribution >= 0.6 is 0 Å². The fraction of sp³-hybridized carbons (Fsp3) is 0.350. The highest BCUT2D eigenvalue weighted by atomic mass is 19.1. The number of carbonyl (C=O) groups is 1. The number of ether oxygens (including phenoxy) is 1. The molecule has 0 aliphatic carbocycles. The van der Waals surface area contributed by atoms with E-state index in [0.29, 0.717) is 31.6 Å². The van der Waals surface area contributed by atoms with E-state index < -0.39 is 0 Å². The molecule has 0 radical (unpaired) electrons. The summed E-state index contributed by atoms with van der Waals surface area (Å²) >= 11 is 0. The zero-order valence-corrected chi connectivity index (χ0v) is 13.5. The summed E-state index contributed by atoms with van der Waals surface area (Å²) in [5.41, 5.74) is 1.76. The molecule has 1 fully saturated rings. The van der Waals surface area contributed by atoms with Gasteiger partial charge in [0.2, 0.25) is 5.91 Å². The van der Waals surface area contributed by atoms with Gasteiger partial charge in [-0.25, -0.2) is 4.39 Å². The van der Waals surface area contributed by atoms with Gasteiger partial charge in [-0.15, -0.1) is 0 Å². The fourth-order valence-corrected chi connectivity index (χ4v) is 3.85. The first-order chi connectivity index (χ1) is 11.7. The van der Waals surface area contributed by atoms with E-state index in [1.807, 2.05) is 23.1 Å². The normalized spacial score (nSPS) is 21.8. The number of rotatable bonds is 3. The highest BCUT2D eigenvalue weighted by Gasteiger charge is 2.46. The Morgan fingerprint density at radius 2 is 1.96 bits per heavy atom. The molecule has 2 aliphatic heterocycles. The number of likely N-dealkylation sites (tertiary alicyclic amines) is 1. The molecule has 0 saturated carbocycles. The summed E-state index contributed by atoms with van der Waals surface area (Å²) in [6.07, 6.45) is 1.72. The van der Waals surface area contributed by atoms with Crippen molar-refractivity contribution in [1.82, 2.24) is 4.90 Å². The number of benzene rings is 2. The lowest BCUT2D eigenvalue weighted by atomic mass is 9.82. The first kappa shape index (κ1) is 15.2. The highest BCUT2D eigenvalue weighted by molar-refractivity contribution is 5.77. The van der Waals surface area contributed by atoms with Crippen LogP contribution in [-0.2, 0) is 16.6 Å². The van der Waals surface area contributed by atoms with E-state index >= 15 is 0 Å². The lowest BCUT2D eigenvalue weighted by Crippen LogP contribution is -2.35. The van der Waals surface area contributed by atoms with E-state index in [0.717, 1.165) is 18.7 Å². The second-order valence-corrected chi connectivity index (χ2v) is 6.72. The van der Waals surface area contributed by atoms with Crippen molar-refractivity contribution in [3.8, 4) is 5.75 Å². The van der Waals surface area contributed by atoms with Crippen LogP contribution in [0.5, 0.6) is 5.75 Å². The first-order valence-corrected chi connectivity index (χ1v) is 8.41. The Labute approximate surface area is 141 Å². The maximum Gasteiger partial charge on any atom is 0.222 e. The van der Waals surface area contributed by atoms with E-state index in [9.17, 15) is 9.18 Å². The molecule has 0 N–H and O–H groups in total. The molecular formula is C20H20FNO2. The van der Waals surface area contributed by atoms with Crippen molar-refractivity contribution >= 4 is 5.91 Å². The van der Waals surface area contributed by atoms with Crippen LogP contribution in [0.15, 0.2) is 48.5 Å². The van der Waals surface area contributed by atoms with Gasteiger partial charge in [0, 0.05) is 25.1 Å². The quantitative estimate of drug-likeness (QED) is 0.866.